The van der Waals surface area contributed by atoms with E-state index in [0.29, 0.717) is 11.0 Å². The number of H-pyrrole nitrogens is 1. The first kappa shape index (κ1) is 14.1. The number of halogens is 1. The van der Waals surface area contributed by atoms with Crippen molar-refractivity contribution in [3.63, 3.8) is 0 Å². The van der Waals surface area contributed by atoms with Gasteiger partial charge in [-0.2, -0.15) is 0 Å². The number of nitrogens with zero attached hydrogens (tertiary/aromatic N) is 3. The standard InChI is InChI=1S/C14H12BrN5S/c15-11-3-1-10(2-4-11)13-18-14(20-19-13)21-8-9-5-6-17-12(16)7-9/h1-7H,8H2,(H2,16,17)(H,18,19,20). The first-order valence-corrected chi connectivity index (χ1v) is 8.00. The number of benzene rings is 1. The number of nitrogen functional groups attached to an aromatic ring is 1. The van der Waals surface area contributed by atoms with E-state index < -0.39 is 0 Å². The van der Waals surface area contributed by atoms with E-state index in [-0.39, 0.29) is 0 Å². The largest absolute Gasteiger partial charge is 0.384 e. The van der Waals surface area contributed by atoms with E-state index in [1.807, 2.05) is 36.4 Å². The first-order chi connectivity index (χ1) is 10.2. The maximum Gasteiger partial charge on any atom is 0.209 e. The van der Waals surface area contributed by atoms with Crippen LogP contribution in [0.1, 0.15) is 5.56 Å². The summed E-state index contributed by atoms with van der Waals surface area (Å²) in [4.78, 5) is 8.45. The van der Waals surface area contributed by atoms with Crippen LogP contribution in [-0.2, 0) is 5.75 Å². The molecule has 0 fully saturated rings. The van der Waals surface area contributed by atoms with Gasteiger partial charge in [0, 0.05) is 22.0 Å². The molecule has 0 atom stereocenters. The lowest BCUT2D eigenvalue weighted by Gasteiger charge is -1.99. The van der Waals surface area contributed by atoms with Crippen molar-refractivity contribution in [2.24, 2.45) is 0 Å². The van der Waals surface area contributed by atoms with Crippen molar-refractivity contribution in [2.75, 3.05) is 5.73 Å². The van der Waals surface area contributed by atoms with Gasteiger partial charge >= 0.3 is 0 Å². The van der Waals surface area contributed by atoms with Crippen molar-refractivity contribution >= 4 is 33.5 Å². The van der Waals surface area contributed by atoms with Crippen LogP contribution in [0.5, 0.6) is 0 Å². The van der Waals surface area contributed by atoms with Crippen LogP contribution in [0.4, 0.5) is 5.82 Å². The second-order valence-corrected chi connectivity index (χ2v) is 6.21. The molecule has 0 unspecified atom stereocenters. The molecule has 0 aliphatic carbocycles. The van der Waals surface area contributed by atoms with Crippen molar-refractivity contribution in [2.45, 2.75) is 10.9 Å². The summed E-state index contributed by atoms with van der Waals surface area (Å²) in [5.41, 5.74) is 7.76. The molecule has 2 heterocycles. The highest BCUT2D eigenvalue weighted by Gasteiger charge is 2.06. The molecule has 7 heteroatoms. The normalized spacial score (nSPS) is 10.7. The topological polar surface area (TPSA) is 80.5 Å². The Labute approximate surface area is 134 Å². The molecule has 1 aromatic carbocycles. The Balaban J connectivity index is 1.69. The monoisotopic (exact) mass is 361 g/mol. The van der Waals surface area contributed by atoms with Crippen LogP contribution in [0.2, 0.25) is 0 Å². The fourth-order valence-corrected chi connectivity index (χ4v) is 2.79. The number of nitrogens with two attached hydrogens (primary N) is 1. The van der Waals surface area contributed by atoms with Crippen LogP contribution in [0.3, 0.4) is 0 Å². The van der Waals surface area contributed by atoms with E-state index in [1.165, 1.54) is 0 Å². The molecule has 21 heavy (non-hydrogen) atoms. The van der Waals surface area contributed by atoms with E-state index in [4.69, 9.17) is 5.73 Å². The molecule has 3 N–H and O–H groups in total. The van der Waals surface area contributed by atoms with E-state index in [2.05, 4.69) is 36.1 Å². The average molecular weight is 362 g/mol. The Hall–Kier alpha value is -1.86. The van der Waals surface area contributed by atoms with Gasteiger partial charge in [0.2, 0.25) is 5.16 Å². The highest BCUT2D eigenvalue weighted by atomic mass is 79.9. The second kappa shape index (κ2) is 6.28. The number of hydrogen-bond donors (Lipinski definition) is 2. The lowest BCUT2D eigenvalue weighted by molar-refractivity contribution is 0.973. The minimum absolute atomic E-state index is 0.527. The van der Waals surface area contributed by atoms with Crippen molar-refractivity contribution in [3.8, 4) is 11.4 Å². The van der Waals surface area contributed by atoms with Crippen LogP contribution in [-0.4, -0.2) is 20.2 Å². The summed E-state index contributed by atoms with van der Waals surface area (Å²) in [7, 11) is 0. The quantitative estimate of drug-likeness (QED) is 0.695. The molecule has 0 aliphatic heterocycles. The van der Waals surface area contributed by atoms with Crippen LogP contribution >= 0.6 is 27.7 Å². The maximum atomic E-state index is 5.66. The van der Waals surface area contributed by atoms with E-state index >= 15 is 0 Å². The smallest absolute Gasteiger partial charge is 0.209 e. The molecule has 5 nitrogen and oxygen atoms in total. The van der Waals surface area contributed by atoms with Gasteiger partial charge in [0.05, 0.1) is 0 Å². The summed E-state index contributed by atoms with van der Waals surface area (Å²) < 4.78 is 1.04. The lowest BCUT2D eigenvalue weighted by atomic mass is 10.2. The van der Waals surface area contributed by atoms with Crippen LogP contribution < -0.4 is 5.73 Å². The molecule has 2 aromatic heterocycles. The van der Waals surface area contributed by atoms with Crippen molar-refractivity contribution in [1.29, 1.82) is 0 Å². The average Bonchev–Trinajstić information content (AvgIpc) is 2.95. The van der Waals surface area contributed by atoms with E-state index in [0.717, 1.165) is 27.2 Å². The molecule has 0 aliphatic rings. The van der Waals surface area contributed by atoms with Gasteiger partial charge in [-0.15, -0.1) is 5.10 Å². The third-order valence-corrected chi connectivity index (χ3v) is 4.24. The number of rotatable bonds is 4. The summed E-state index contributed by atoms with van der Waals surface area (Å²) in [6, 6.07) is 11.7. The number of hydrogen-bond acceptors (Lipinski definition) is 5. The predicted molar refractivity (Wildman–Crippen MR) is 87.7 cm³/mol. The highest BCUT2D eigenvalue weighted by Crippen LogP contribution is 2.23. The summed E-state index contributed by atoms with van der Waals surface area (Å²) in [5, 5.41) is 7.89. The Kier molecular flexibility index (Phi) is 4.21. The zero-order valence-corrected chi connectivity index (χ0v) is 13.4. The molecule has 0 saturated heterocycles. The minimum atomic E-state index is 0.527. The molecule has 3 aromatic rings. The second-order valence-electron chi connectivity index (χ2n) is 4.35. The number of pyridine rings is 1. The summed E-state index contributed by atoms with van der Waals surface area (Å²) in [5.74, 6) is 2.04. The van der Waals surface area contributed by atoms with Gasteiger partial charge in [-0.05, 0) is 29.8 Å². The van der Waals surface area contributed by atoms with Crippen LogP contribution in [0.25, 0.3) is 11.4 Å². The van der Waals surface area contributed by atoms with Crippen molar-refractivity contribution in [1.82, 2.24) is 20.2 Å². The van der Waals surface area contributed by atoms with E-state index in [9.17, 15) is 0 Å². The first-order valence-electron chi connectivity index (χ1n) is 6.22. The SMILES string of the molecule is Nc1cc(CSc2n[nH]c(-c3ccc(Br)cc3)n2)ccn1. The van der Waals surface area contributed by atoms with Gasteiger partial charge in [-0.3, -0.25) is 5.10 Å². The Bertz CT molecular complexity index is 741. The highest BCUT2D eigenvalue weighted by molar-refractivity contribution is 9.10. The van der Waals surface area contributed by atoms with Gasteiger partial charge in [0.25, 0.3) is 0 Å². The van der Waals surface area contributed by atoms with Crippen LogP contribution in [0, 0.1) is 0 Å². The van der Waals surface area contributed by atoms with Crippen molar-refractivity contribution in [3.05, 3.63) is 52.6 Å². The predicted octanol–water partition coefficient (Wildman–Crippen LogP) is 3.50. The molecule has 0 saturated carbocycles. The third kappa shape index (κ3) is 3.62. The van der Waals surface area contributed by atoms with Gasteiger partial charge < -0.3 is 5.73 Å². The maximum absolute atomic E-state index is 5.66. The molecular weight excluding hydrogens is 350 g/mol. The number of thioether (sulfide) groups is 1. The Morgan fingerprint density at radius 3 is 2.76 bits per heavy atom. The molecule has 0 spiro atoms. The molecule has 0 bridgehead atoms. The Morgan fingerprint density at radius 1 is 1.19 bits per heavy atom. The van der Waals surface area contributed by atoms with Gasteiger partial charge in [-0.25, -0.2) is 9.97 Å². The number of anilines is 1. The van der Waals surface area contributed by atoms with E-state index in [1.54, 1.807) is 18.0 Å². The zero-order valence-electron chi connectivity index (χ0n) is 11.0. The number of aromatic amines is 1. The van der Waals surface area contributed by atoms with Gasteiger partial charge in [-0.1, -0.05) is 39.8 Å². The fourth-order valence-electron chi connectivity index (χ4n) is 1.78. The molecule has 0 amide bonds. The summed E-state index contributed by atoms with van der Waals surface area (Å²) in [6.07, 6.45) is 1.70. The van der Waals surface area contributed by atoms with Crippen LogP contribution in [0.15, 0.2) is 52.2 Å². The summed E-state index contributed by atoms with van der Waals surface area (Å²) >= 11 is 4.97. The minimum Gasteiger partial charge on any atom is -0.384 e. The molecular formula is C14H12BrN5S. The number of nitrogens with one attached hydrogen (secondary N) is 1. The lowest BCUT2D eigenvalue weighted by Crippen LogP contribution is -1.91. The zero-order chi connectivity index (χ0) is 14.7. The summed E-state index contributed by atoms with van der Waals surface area (Å²) in [6.45, 7) is 0. The molecule has 106 valence electrons. The number of aromatic nitrogens is 4. The molecule has 0 radical (unpaired) electrons. The van der Waals surface area contributed by atoms with Gasteiger partial charge in [0.15, 0.2) is 5.82 Å². The fraction of sp³-hybridized carbons (Fsp3) is 0.0714. The molecule has 3 rings (SSSR count). The Morgan fingerprint density at radius 2 is 2.00 bits per heavy atom. The van der Waals surface area contributed by atoms with Crippen molar-refractivity contribution < 1.29 is 0 Å². The van der Waals surface area contributed by atoms with Gasteiger partial charge in [0.1, 0.15) is 5.82 Å². The third-order valence-electron chi connectivity index (χ3n) is 2.80.